The van der Waals surface area contributed by atoms with Crippen LogP contribution in [0.3, 0.4) is 0 Å². The molecule has 0 bridgehead atoms. The van der Waals surface area contributed by atoms with Crippen LogP contribution < -0.4 is 0 Å². The van der Waals surface area contributed by atoms with E-state index in [1.807, 2.05) is 24.4 Å². The molecule has 2 unspecified atom stereocenters. The Labute approximate surface area is 137 Å². The fraction of sp³-hybridized carbons (Fsp3) is 0.375. The Kier molecular flexibility index (Phi) is 4.38. The molecule has 7 heteroatoms. The standard InChI is InChI=1S/C16H17N3O3S/c1-10-6-13(16(21)22)8-19(7-10)15(20)12-4-2-11(3-5-12)14-9-23-18-17-14/h2-5,9-10,13H,6-8H2,1H3,(H,21,22). The Hall–Kier alpha value is -2.28. The number of likely N-dealkylation sites (tertiary alicyclic amines) is 1. The molecule has 1 N–H and O–H groups in total. The number of carbonyl (C=O) groups excluding carboxylic acids is 1. The second-order valence-corrected chi connectivity index (χ2v) is 6.56. The molecule has 1 fully saturated rings. The van der Waals surface area contributed by atoms with Gasteiger partial charge in [0.1, 0.15) is 5.69 Å². The first-order valence-corrected chi connectivity index (χ1v) is 8.28. The zero-order valence-electron chi connectivity index (χ0n) is 12.7. The Morgan fingerprint density at radius 2 is 2.00 bits per heavy atom. The topological polar surface area (TPSA) is 83.4 Å². The first-order valence-electron chi connectivity index (χ1n) is 7.44. The van der Waals surface area contributed by atoms with Crippen molar-refractivity contribution in [2.45, 2.75) is 13.3 Å². The number of benzene rings is 1. The monoisotopic (exact) mass is 331 g/mol. The van der Waals surface area contributed by atoms with E-state index in [0.717, 1.165) is 11.3 Å². The van der Waals surface area contributed by atoms with Gasteiger partial charge in [-0.25, -0.2) is 0 Å². The summed E-state index contributed by atoms with van der Waals surface area (Å²) in [4.78, 5) is 25.5. The maximum absolute atomic E-state index is 12.6. The van der Waals surface area contributed by atoms with E-state index in [0.29, 0.717) is 18.5 Å². The second kappa shape index (κ2) is 6.45. The van der Waals surface area contributed by atoms with Gasteiger partial charge >= 0.3 is 5.97 Å². The van der Waals surface area contributed by atoms with E-state index in [-0.39, 0.29) is 18.4 Å². The van der Waals surface area contributed by atoms with Crippen molar-refractivity contribution in [3.05, 3.63) is 35.2 Å². The highest BCUT2D eigenvalue weighted by Gasteiger charge is 2.32. The number of carboxylic acid groups (broad SMARTS) is 1. The molecule has 1 aromatic carbocycles. The lowest BCUT2D eigenvalue weighted by molar-refractivity contribution is -0.143. The molecule has 1 aromatic heterocycles. The molecule has 1 saturated heterocycles. The Bertz CT molecular complexity index is 700. The van der Waals surface area contributed by atoms with Gasteiger partial charge in [-0.1, -0.05) is 23.5 Å². The third-order valence-electron chi connectivity index (χ3n) is 4.08. The first-order chi connectivity index (χ1) is 11.0. The third kappa shape index (κ3) is 3.39. The number of rotatable bonds is 3. The molecule has 23 heavy (non-hydrogen) atoms. The molecule has 0 aliphatic carbocycles. The van der Waals surface area contributed by atoms with E-state index >= 15 is 0 Å². The first kappa shape index (κ1) is 15.6. The zero-order chi connectivity index (χ0) is 16.4. The lowest BCUT2D eigenvalue weighted by Gasteiger charge is -2.34. The van der Waals surface area contributed by atoms with Crippen LogP contribution >= 0.6 is 11.5 Å². The molecule has 0 spiro atoms. The smallest absolute Gasteiger partial charge is 0.308 e. The molecular formula is C16H17N3O3S. The van der Waals surface area contributed by atoms with Gasteiger partial charge in [-0.15, -0.1) is 5.10 Å². The molecule has 0 saturated carbocycles. The number of hydrogen-bond donors (Lipinski definition) is 1. The molecule has 120 valence electrons. The molecule has 1 aliphatic rings. The van der Waals surface area contributed by atoms with Gasteiger partial charge in [0.05, 0.1) is 5.92 Å². The van der Waals surface area contributed by atoms with Crippen molar-refractivity contribution in [2.75, 3.05) is 13.1 Å². The van der Waals surface area contributed by atoms with Crippen LogP contribution in [-0.2, 0) is 4.79 Å². The van der Waals surface area contributed by atoms with Crippen molar-refractivity contribution in [1.82, 2.24) is 14.5 Å². The van der Waals surface area contributed by atoms with Gasteiger partial charge in [-0.05, 0) is 36.0 Å². The van der Waals surface area contributed by atoms with E-state index in [4.69, 9.17) is 0 Å². The van der Waals surface area contributed by atoms with Crippen molar-refractivity contribution < 1.29 is 14.7 Å². The maximum atomic E-state index is 12.6. The van der Waals surface area contributed by atoms with E-state index in [2.05, 4.69) is 9.59 Å². The largest absolute Gasteiger partial charge is 0.481 e. The van der Waals surface area contributed by atoms with Gasteiger partial charge in [-0.3, -0.25) is 9.59 Å². The summed E-state index contributed by atoms with van der Waals surface area (Å²) < 4.78 is 3.82. The van der Waals surface area contributed by atoms with Gasteiger partial charge < -0.3 is 10.0 Å². The maximum Gasteiger partial charge on any atom is 0.308 e. The molecule has 1 aliphatic heterocycles. The molecule has 2 aromatic rings. The Morgan fingerprint density at radius 3 is 2.61 bits per heavy atom. The van der Waals surface area contributed by atoms with Crippen LogP contribution in [0.15, 0.2) is 29.6 Å². The van der Waals surface area contributed by atoms with Crippen molar-refractivity contribution in [3.8, 4) is 11.3 Å². The molecule has 1 amide bonds. The minimum absolute atomic E-state index is 0.120. The minimum atomic E-state index is -0.833. The number of nitrogens with zero attached hydrogens (tertiary/aromatic N) is 3. The summed E-state index contributed by atoms with van der Waals surface area (Å²) in [5.41, 5.74) is 2.26. The van der Waals surface area contributed by atoms with Gasteiger partial charge in [0.25, 0.3) is 5.91 Å². The summed E-state index contributed by atoms with van der Waals surface area (Å²) in [7, 11) is 0. The number of amides is 1. The SMILES string of the molecule is CC1CC(C(=O)O)CN(C(=O)c2ccc(-c3csnn3)cc2)C1. The summed E-state index contributed by atoms with van der Waals surface area (Å²) in [5, 5.41) is 15.1. The van der Waals surface area contributed by atoms with E-state index in [1.54, 1.807) is 17.0 Å². The number of aliphatic carboxylic acids is 1. The van der Waals surface area contributed by atoms with Crippen LogP contribution in [0.4, 0.5) is 0 Å². The van der Waals surface area contributed by atoms with Crippen molar-refractivity contribution in [3.63, 3.8) is 0 Å². The van der Waals surface area contributed by atoms with Gasteiger partial charge in [0.2, 0.25) is 0 Å². The average molecular weight is 331 g/mol. The van der Waals surface area contributed by atoms with Crippen LogP contribution in [0.5, 0.6) is 0 Å². The quantitative estimate of drug-likeness (QED) is 0.933. The fourth-order valence-electron chi connectivity index (χ4n) is 2.95. The van der Waals surface area contributed by atoms with E-state index in [1.165, 1.54) is 11.5 Å². The van der Waals surface area contributed by atoms with E-state index in [9.17, 15) is 14.7 Å². The summed E-state index contributed by atoms with van der Waals surface area (Å²) in [6.07, 6.45) is 0.620. The number of carbonyl (C=O) groups is 2. The Balaban J connectivity index is 1.76. The van der Waals surface area contributed by atoms with Gasteiger partial charge in [0.15, 0.2) is 0 Å². The highest BCUT2D eigenvalue weighted by atomic mass is 32.1. The number of carboxylic acids is 1. The number of hydrogen-bond acceptors (Lipinski definition) is 5. The predicted octanol–water partition coefficient (Wildman–Crippen LogP) is 2.39. The third-order valence-corrected chi connectivity index (χ3v) is 4.59. The van der Waals surface area contributed by atoms with Crippen molar-refractivity contribution >= 4 is 23.4 Å². The molecular weight excluding hydrogens is 314 g/mol. The highest BCUT2D eigenvalue weighted by Crippen LogP contribution is 2.24. The predicted molar refractivity (Wildman–Crippen MR) is 86.2 cm³/mol. The van der Waals surface area contributed by atoms with Gasteiger partial charge in [-0.2, -0.15) is 0 Å². The lowest BCUT2D eigenvalue weighted by atomic mass is 9.90. The van der Waals surface area contributed by atoms with Crippen molar-refractivity contribution in [1.29, 1.82) is 0 Å². The van der Waals surface area contributed by atoms with Gasteiger partial charge in [0, 0.05) is 29.6 Å². The highest BCUT2D eigenvalue weighted by molar-refractivity contribution is 7.03. The summed E-state index contributed by atoms with van der Waals surface area (Å²) in [6, 6.07) is 7.19. The fourth-order valence-corrected chi connectivity index (χ4v) is 3.42. The second-order valence-electron chi connectivity index (χ2n) is 5.95. The Morgan fingerprint density at radius 1 is 1.26 bits per heavy atom. The number of piperidine rings is 1. The summed E-state index contributed by atoms with van der Waals surface area (Å²) in [5.74, 6) is -1.25. The van der Waals surface area contributed by atoms with Crippen LogP contribution in [0, 0.1) is 11.8 Å². The summed E-state index contributed by atoms with van der Waals surface area (Å²) in [6.45, 7) is 2.85. The molecule has 2 heterocycles. The average Bonchev–Trinajstić information content (AvgIpc) is 3.08. The van der Waals surface area contributed by atoms with Crippen LogP contribution in [0.2, 0.25) is 0 Å². The molecule has 3 rings (SSSR count). The van der Waals surface area contributed by atoms with E-state index < -0.39 is 11.9 Å². The molecule has 2 atom stereocenters. The molecule has 6 nitrogen and oxygen atoms in total. The lowest BCUT2D eigenvalue weighted by Crippen LogP contribution is -2.45. The number of aromatic nitrogens is 2. The van der Waals surface area contributed by atoms with Crippen LogP contribution in [-0.4, -0.2) is 44.6 Å². The van der Waals surface area contributed by atoms with Crippen LogP contribution in [0.25, 0.3) is 11.3 Å². The van der Waals surface area contributed by atoms with Crippen molar-refractivity contribution in [2.24, 2.45) is 11.8 Å². The van der Waals surface area contributed by atoms with Crippen LogP contribution in [0.1, 0.15) is 23.7 Å². The summed E-state index contributed by atoms with van der Waals surface area (Å²) >= 11 is 1.28. The normalized spacial score (nSPS) is 21.2. The minimum Gasteiger partial charge on any atom is -0.481 e. The molecule has 0 radical (unpaired) electrons. The zero-order valence-corrected chi connectivity index (χ0v) is 13.5.